The predicted molar refractivity (Wildman–Crippen MR) is 110 cm³/mol. The van der Waals surface area contributed by atoms with Crippen molar-refractivity contribution in [2.24, 2.45) is 7.05 Å². The second-order valence-corrected chi connectivity index (χ2v) is 8.26. The van der Waals surface area contributed by atoms with Gasteiger partial charge in [0.05, 0.1) is 29.4 Å². The Hall–Kier alpha value is -3.04. The summed E-state index contributed by atoms with van der Waals surface area (Å²) in [6, 6.07) is 1.70. The number of aryl methyl sites for hydroxylation is 1. The number of nitrogens with one attached hydrogen (secondary N) is 1. The molecule has 0 unspecified atom stereocenters. The molecule has 1 saturated carbocycles. The van der Waals surface area contributed by atoms with E-state index >= 15 is 0 Å². The molecule has 2 N–H and O–H groups in total. The van der Waals surface area contributed by atoms with Gasteiger partial charge >= 0.3 is 0 Å². The van der Waals surface area contributed by atoms with E-state index < -0.39 is 6.10 Å². The second kappa shape index (κ2) is 7.09. The Morgan fingerprint density at radius 3 is 2.79 bits per heavy atom. The summed E-state index contributed by atoms with van der Waals surface area (Å²) < 4.78 is 3.49. The molecule has 0 aliphatic heterocycles. The molecule has 4 heterocycles. The molecule has 1 aliphatic rings. The van der Waals surface area contributed by atoms with Gasteiger partial charge < -0.3 is 10.4 Å². The number of aliphatic hydroxyl groups is 1. The Labute approximate surface area is 170 Å². The van der Waals surface area contributed by atoms with Crippen LogP contribution in [-0.4, -0.2) is 47.5 Å². The first-order valence-corrected chi connectivity index (χ1v) is 10.4. The standard InChI is InChI=1S/C20H20N6O2S/c1-25-9-14(7-22-25)13-6-21-19-15(8-23-26(19)10-13)12-5-18(29-11-12)20(28)24-16-3-2-4-17(16)27/h5-11,16-17,27H,2-4H2,1H3,(H,24,28)/t16-,17+/m1/s1. The topological polar surface area (TPSA) is 97.3 Å². The van der Waals surface area contributed by atoms with Crippen molar-refractivity contribution in [3.05, 3.63) is 47.3 Å². The Bertz CT molecular complexity index is 1190. The van der Waals surface area contributed by atoms with Crippen molar-refractivity contribution in [2.45, 2.75) is 31.4 Å². The highest BCUT2D eigenvalue weighted by atomic mass is 32.1. The number of nitrogens with zero attached hydrogens (tertiary/aromatic N) is 5. The highest BCUT2D eigenvalue weighted by Gasteiger charge is 2.27. The van der Waals surface area contributed by atoms with Crippen LogP contribution in [0.3, 0.4) is 0 Å². The number of carbonyl (C=O) groups excluding carboxylic acids is 1. The van der Waals surface area contributed by atoms with Crippen LogP contribution >= 0.6 is 11.3 Å². The van der Waals surface area contributed by atoms with Crippen LogP contribution in [0.2, 0.25) is 0 Å². The zero-order valence-electron chi connectivity index (χ0n) is 15.8. The number of hydrogen-bond acceptors (Lipinski definition) is 6. The van der Waals surface area contributed by atoms with Gasteiger partial charge in [0, 0.05) is 42.3 Å². The maximum Gasteiger partial charge on any atom is 0.261 e. The number of aliphatic hydroxyl groups excluding tert-OH is 1. The molecular formula is C20H20N6O2S. The summed E-state index contributed by atoms with van der Waals surface area (Å²) in [6.07, 6.45) is 11.3. The third-order valence-electron chi connectivity index (χ3n) is 5.32. The first kappa shape index (κ1) is 18.0. The van der Waals surface area contributed by atoms with Crippen LogP contribution in [0.5, 0.6) is 0 Å². The van der Waals surface area contributed by atoms with E-state index in [2.05, 4.69) is 20.5 Å². The summed E-state index contributed by atoms with van der Waals surface area (Å²) in [7, 11) is 1.87. The van der Waals surface area contributed by atoms with Crippen LogP contribution in [0.4, 0.5) is 0 Å². The summed E-state index contributed by atoms with van der Waals surface area (Å²) in [5.74, 6) is -0.143. The first-order valence-electron chi connectivity index (χ1n) is 9.49. The Balaban J connectivity index is 1.40. The molecule has 1 amide bonds. The van der Waals surface area contributed by atoms with Gasteiger partial charge in [0.2, 0.25) is 0 Å². The predicted octanol–water partition coefficient (Wildman–Crippen LogP) is 2.50. The molecule has 0 radical (unpaired) electrons. The van der Waals surface area contributed by atoms with Gasteiger partial charge in [-0.05, 0) is 36.3 Å². The molecule has 1 aliphatic carbocycles. The molecule has 4 aromatic heterocycles. The van der Waals surface area contributed by atoms with Gasteiger partial charge in [0.15, 0.2) is 5.65 Å². The summed E-state index contributed by atoms with van der Waals surface area (Å²) in [4.78, 5) is 17.7. The number of thiophene rings is 1. The molecule has 0 bridgehead atoms. The van der Waals surface area contributed by atoms with Gasteiger partial charge in [-0.3, -0.25) is 9.48 Å². The molecule has 0 aromatic carbocycles. The largest absolute Gasteiger partial charge is 0.391 e. The van der Waals surface area contributed by atoms with Crippen molar-refractivity contribution in [1.82, 2.24) is 29.7 Å². The maximum atomic E-state index is 12.5. The molecule has 0 spiro atoms. The van der Waals surface area contributed by atoms with Crippen molar-refractivity contribution in [3.63, 3.8) is 0 Å². The van der Waals surface area contributed by atoms with Crippen molar-refractivity contribution < 1.29 is 9.90 Å². The SMILES string of the molecule is Cn1cc(-c2cnc3c(-c4csc(C(=O)N[C@@H]5CCC[C@@H]5O)c4)cnn3c2)cn1. The summed E-state index contributed by atoms with van der Waals surface area (Å²) in [5, 5.41) is 23.4. The lowest BCUT2D eigenvalue weighted by Crippen LogP contribution is -2.39. The minimum atomic E-state index is -0.448. The lowest BCUT2D eigenvalue weighted by Gasteiger charge is -2.15. The maximum absolute atomic E-state index is 12.5. The fraction of sp³-hybridized carbons (Fsp3) is 0.300. The lowest BCUT2D eigenvalue weighted by atomic mass is 10.1. The fourth-order valence-electron chi connectivity index (χ4n) is 3.74. The van der Waals surface area contributed by atoms with E-state index in [9.17, 15) is 9.90 Å². The van der Waals surface area contributed by atoms with E-state index in [0.29, 0.717) is 4.88 Å². The van der Waals surface area contributed by atoms with Gasteiger partial charge in [-0.25, -0.2) is 9.50 Å². The number of rotatable bonds is 4. The van der Waals surface area contributed by atoms with Gasteiger partial charge in [0.1, 0.15) is 0 Å². The van der Waals surface area contributed by atoms with Gasteiger partial charge in [-0.15, -0.1) is 11.3 Å². The van der Waals surface area contributed by atoms with Crippen molar-refractivity contribution >= 4 is 22.9 Å². The molecule has 5 rings (SSSR count). The van der Waals surface area contributed by atoms with E-state index in [4.69, 9.17) is 0 Å². The summed E-state index contributed by atoms with van der Waals surface area (Å²) in [5.41, 5.74) is 4.42. The van der Waals surface area contributed by atoms with Gasteiger partial charge in [-0.1, -0.05) is 0 Å². The third-order valence-corrected chi connectivity index (χ3v) is 6.25. The molecule has 2 atom stereocenters. The van der Waals surface area contributed by atoms with E-state index in [0.717, 1.165) is 47.2 Å². The first-order chi connectivity index (χ1) is 14.1. The molecule has 0 saturated heterocycles. The molecule has 8 nitrogen and oxygen atoms in total. The van der Waals surface area contributed by atoms with Crippen molar-refractivity contribution in [3.8, 4) is 22.3 Å². The van der Waals surface area contributed by atoms with E-state index in [1.165, 1.54) is 11.3 Å². The number of carbonyl (C=O) groups is 1. The summed E-state index contributed by atoms with van der Waals surface area (Å²) >= 11 is 1.38. The van der Waals surface area contributed by atoms with E-state index in [1.807, 2.05) is 30.9 Å². The Morgan fingerprint density at radius 2 is 2.03 bits per heavy atom. The average Bonchev–Trinajstić information content (AvgIpc) is 3.48. The highest BCUT2D eigenvalue weighted by Crippen LogP contribution is 2.30. The molecule has 4 aromatic rings. The van der Waals surface area contributed by atoms with Crippen molar-refractivity contribution in [2.75, 3.05) is 0 Å². The zero-order valence-corrected chi connectivity index (χ0v) is 16.6. The van der Waals surface area contributed by atoms with E-state index in [-0.39, 0.29) is 11.9 Å². The Kier molecular flexibility index (Phi) is 4.40. The number of fused-ring (bicyclic) bond motifs is 1. The highest BCUT2D eigenvalue weighted by molar-refractivity contribution is 7.12. The molecule has 9 heteroatoms. The monoisotopic (exact) mass is 408 g/mol. The lowest BCUT2D eigenvalue weighted by molar-refractivity contribution is 0.0877. The number of amides is 1. The fourth-order valence-corrected chi connectivity index (χ4v) is 4.55. The molecule has 148 valence electrons. The molecule has 1 fully saturated rings. The minimum absolute atomic E-state index is 0.143. The van der Waals surface area contributed by atoms with Crippen LogP contribution in [0.1, 0.15) is 28.9 Å². The van der Waals surface area contributed by atoms with Gasteiger partial charge in [0.25, 0.3) is 5.91 Å². The Morgan fingerprint density at radius 1 is 1.17 bits per heavy atom. The smallest absolute Gasteiger partial charge is 0.261 e. The molecule has 29 heavy (non-hydrogen) atoms. The number of hydrogen-bond donors (Lipinski definition) is 2. The third kappa shape index (κ3) is 3.32. The van der Waals surface area contributed by atoms with E-state index in [1.54, 1.807) is 27.8 Å². The van der Waals surface area contributed by atoms with Crippen molar-refractivity contribution in [1.29, 1.82) is 0 Å². The normalized spacial score (nSPS) is 19.1. The van der Waals surface area contributed by atoms with Crippen LogP contribution in [-0.2, 0) is 7.05 Å². The second-order valence-electron chi connectivity index (χ2n) is 7.35. The van der Waals surface area contributed by atoms with Crippen LogP contribution in [0, 0.1) is 0 Å². The summed E-state index contributed by atoms with van der Waals surface area (Å²) in [6.45, 7) is 0. The molecular weight excluding hydrogens is 388 g/mol. The van der Waals surface area contributed by atoms with Crippen LogP contribution in [0.15, 0.2) is 42.4 Å². The van der Waals surface area contributed by atoms with Crippen LogP contribution in [0.25, 0.3) is 27.9 Å². The average molecular weight is 408 g/mol. The zero-order chi connectivity index (χ0) is 20.0. The van der Waals surface area contributed by atoms with Gasteiger partial charge in [-0.2, -0.15) is 10.2 Å². The minimum Gasteiger partial charge on any atom is -0.391 e. The van der Waals surface area contributed by atoms with Crippen LogP contribution < -0.4 is 5.32 Å². The quantitative estimate of drug-likeness (QED) is 0.541. The number of aromatic nitrogens is 5.